The van der Waals surface area contributed by atoms with E-state index in [1.54, 1.807) is 11.8 Å². The van der Waals surface area contributed by atoms with Gasteiger partial charge in [-0.15, -0.1) is 11.8 Å². The average Bonchev–Trinajstić information content (AvgIpc) is 2.17. The van der Waals surface area contributed by atoms with Crippen LogP contribution in [0.2, 0.25) is 0 Å². The van der Waals surface area contributed by atoms with Gasteiger partial charge in [-0.3, -0.25) is 4.79 Å². The van der Waals surface area contributed by atoms with Crippen LogP contribution in [0.5, 0.6) is 0 Å². The van der Waals surface area contributed by atoms with Crippen LogP contribution >= 0.6 is 23.5 Å². The van der Waals surface area contributed by atoms with Gasteiger partial charge in [0.25, 0.3) is 0 Å². The van der Waals surface area contributed by atoms with Crippen molar-refractivity contribution in [2.24, 2.45) is 0 Å². The van der Waals surface area contributed by atoms with Crippen molar-refractivity contribution in [2.75, 3.05) is 0 Å². The Morgan fingerprint density at radius 3 is 2.69 bits per heavy atom. The van der Waals surface area contributed by atoms with Crippen LogP contribution in [0.25, 0.3) is 0 Å². The van der Waals surface area contributed by atoms with Gasteiger partial charge in [0.05, 0.1) is 5.25 Å². The van der Waals surface area contributed by atoms with E-state index < -0.39 is 0 Å². The Hall–Kier alpha value is -0.410. The van der Waals surface area contributed by atoms with E-state index in [0.29, 0.717) is 5.12 Å². The molecule has 0 aliphatic carbocycles. The summed E-state index contributed by atoms with van der Waals surface area (Å²) in [5.74, 6) is 0. The van der Waals surface area contributed by atoms with Crippen LogP contribution in [0.15, 0.2) is 34.1 Å². The molecular formula is C10H10OS2. The number of hydrogen-bond donors (Lipinski definition) is 0. The first-order valence-corrected chi connectivity index (χ1v) is 5.98. The van der Waals surface area contributed by atoms with Crippen LogP contribution in [0, 0.1) is 0 Å². The third-order valence-corrected chi connectivity index (χ3v) is 4.74. The number of rotatable bonds is 1. The summed E-state index contributed by atoms with van der Waals surface area (Å²) in [4.78, 5) is 13.9. The molecule has 0 aromatic heterocycles. The molecule has 2 rings (SSSR count). The fraction of sp³-hybridized carbons (Fsp3) is 0.300. The minimum absolute atomic E-state index is 0.153. The highest BCUT2D eigenvalue weighted by molar-refractivity contribution is 8.17. The highest BCUT2D eigenvalue weighted by Crippen LogP contribution is 2.42. The molecule has 0 saturated carbocycles. The van der Waals surface area contributed by atoms with E-state index in [1.807, 2.05) is 18.2 Å². The summed E-state index contributed by atoms with van der Waals surface area (Å²) in [5, 5.41) is 0.450. The molecule has 0 saturated heterocycles. The molecule has 1 heterocycles. The summed E-state index contributed by atoms with van der Waals surface area (Å²) < 4.78 is 0. The summed E-state index contributed by atoms with van der Waals surface area (Å²) in [6, 6.07) is 8.10. The van der Waals surface area contributed by atoms with E-state index in [0.717, 1.165) is 11.3 Å². The van der Waals surface area contributed by atoms with Crippen LogP contribution in [0.1, 0.15) is 13.3 Å². The van der Waals surface area contributed by atoms with Crippen molar-refractivity contribution in [3.05, 3.63) is 24.3 Å². The van der Waals surface area contributed by atoms with E-state index in [4.69, 9.17) is 0 Å². The molecule has 1 aromatic rings. The molecule has 0 fully saturated rings. The third kappa shape index (κ3) is 1.76. The number of thioether (sulfide) groups is 2. The average molecular weight is 210 g/mol. The highest BCUT2D eigenvalue weighted by Gasteiger charge is 2.25. The van der Waals surface area contributed by atoms with Gasteiger partial charge in [-0.25, -0.2) is 0 Å². The minimum Gasteiger partial charge on any atom is -0.286 e. The highest BCUT2D eigenvalue weighted by atomic mass is 32.2. The zero-order valence-corrected chi connectivity index (χ0v) is 8.95. The molecule has 1 unspecified atom stereocenters. The van der Waals surface area contributed by atoms with E-state index in [-0.39, 0.29) is 5.25 Å². The zero-order chi connectivity index (χ0) is 9.26. The molecule has 1 aromatic carbocycles. The summed E-state index contributed by atoms with van der Waals surface area (Å²) in [5.41, 5.74) is 0. The van der Waals surface area contributed by atoms with E-state index >= 15 is 0 Å². The number of hydrogen-bond acceptors (Lipinski definition) is 3. The fourth-order valence-corrected chi connectivity index (χ4v) is 3.56. The second-order valence-corrected chi connectivity index (χ2v) is 5.17. The largest absolute Gasteiger partial charge is 0.286 e. The molecule has 1 aliphatic heterocycles. The van der Waals surface area contributed by atoms with Gasteiger partial charge in [0.1, 0.15) is 0 Å². The zero-order valence-electron chi connectivity index (χ0n) is 7.32. The molecular weight excluding hydrogens is 200 g/mol. The molecule has 0 spiro atoms. The lowest BCUT2D eigenvalue weighted by Gasteiger charge is -2.20. The quantitative estimate of drug-likeness (QED) is 0.708. The lowest BCUT2D eigenvalue weighted by Crippen LogP contribution is -2.15. The van der Waals surface area contributed by atoms with Gasteiger partial charge in [-0.1, -0.05) is 19.1 Å². The Balaban J connectivity index is 2.33. The van der Waals surface area contributed by atoms with Gasteiger partial charge < -0.3 is 0 Å². The minimum atomic E-state index is 0.153. The molecule has 0 N–H and O–H groups in total. The predicted molar refractivity (Wildman–Crippen MR) is 57.2 cm³/mol. The maximum Gasteiger partial charge on any atom is 0.207 e. The van der Waals surface area contributed by atoms with E-state index in [1.165, 1.54) is 16.7 Å². The summed E-state index contributed by atoms with van der Waals surface area (Å²) >= 11 is 3.08. The Morgan fingerprint density at radius 1 is 1.31 bits per heavy atom. The first-order chi connectivity index (χ1) is 6.31. The number of carbonyl (C=O) groups is 1. The lowest BCUT2D eigenvalue weighted by molar-refractivity contribution is -0.110. The normalized spacial score (nSPS) is 21.3. The summed E-state index contributed by atoms with van der Waals surface area (Å²) in [7, 11) is 0. The number of carbonyl (C=O) groups excluding carboxylic acids is 1. The second-order valence-electron chi connectivity index (χ2n) is 2.88. The van der Waals surface area contributed by atoms with Crippen molar-refractivity contribution in [3.63, 3.8) is 0 Å². The maximum atomic E-state index is 11.5. The first-order valence-electron chi connectivity index (χ1n) is 4.28. The number of benzene rings is 1. The Labute approximate surface area is 86.3 Å². The fourth-order valence-electron chi connectivity index (χ4n) is 1.26. The van der Waals surface area contributed by atoms with Crippen LogP contribution in [0.4, 0.5) is 0 Å². The van der Waals surface area contributed by atoms with Crippen molar-refractivity contribution < 1.29 is 4.79 Å². The molecule has 3 heteroatoms. The van der Waals surface area contributed by atoms with Gasteiger partial charge >= 0.3 is 0 Å². The molecule has 13 heavy (non-hydrogen) atoms. The summed E-state index contributed by atoms with van der Waals surface area (Å²) in [6.07, 6.45) is 0.921. The molecule has 1 atom stereocenters. The monoisotopic (exact) mass is 210 g/mol. The molecule has 0 bridgehead atoms. The molecule has 0 amide bonds. The Kier molecular flexibility index (Phi) is 2.65. The van der Waals surface area contributed by atoms with Crippen molar-refractivity contribution in [1.82, 2.24) is 0 Å². The van der Waals surface area contributed by atoms with Gasteiger partial charge in [0, 0.05) is 9.79 Å². The maximum absolute atomic E-state index is 11.5. The second kappa shape index (κ2) is 3.76. The van der Waals surface area contributed by atoms with Crippen molar-refractivity contribution >= 4 is 28.6 Å². The Bertz CT molecular complexity index is 335. The Morgan fingerprint density at radius 2 is 2.00 bits per heavy atom. The van der Waals surface area contributed by atoms with Crippen molar-refractivity contribution in [3.8, 4) is 0 Å². The molecule has 1 aliphatic rings. The molecule has 1 nitrogen and oxygen atoms in total. The van der Waals surface area contributed by atoms with Crippen molar-refractivity contribution in [2.45, 2.75) is 28.4 Å². The smallest absolute Gasteiger partial charge is 0.207 e. The van der Waals surface area contributed by atoms with Gasteiger partial charge in [-0.05, 0) is 30.3 Å². The predicted octanol–water partition coefficient (Wildman–Crippen LogP) is 3.19. The van der Waals surface area contributed by atoms with E-state index in [9.17, 15) is 4.79 Å². The SMILES string of the molecule is CCC1Sc2ccccc2SC1=O. The standard InChI is InChI=1S/C10H10OS2/c1-2-7-10(11)13-9-6-4-3-5-8(9)12-7/h3-7H,2H2,1H3. The van der Waals surface area contributed by atoms with Gasteiger partial charge in [0.15, 0.2) is 0 Å². The third-order valence-electron chi connectivity index (χ3n) is 1.96. The molecule has 0 radical (unpaired) electrons. The van der Waals surface area contributed by atoms with Gasteiger partial charge in [0.2, 0.25) is 5.12 Å². The molecule has 68 valence electrons. The van der Waals surface area contributed by atoms with Crippen LogP contribution in [-0.4, -0.2) is 10.4 Å². The van der Waals surface area contributed by atoms with Crippen LogP contribution < -0.4 is 0 Å². The van der Waals surface area contributed by atoms with E-state index in [2.05, 4.69) is 13.0 Å². The van der Waals surface area contributed by atoms with Crippen molar-refractivity contribution in [1.29, 1.82) is 0 Å². The van der Waals surface area contributed by atoms with Gasteiger partial charge in [-0.2, -0.15) is 0 Å². The first kappa shape index (κ1) is 9.16. The van der Waals surface area contributed by atoms with Crippen LogP contribution in [-0.2, 0) is 4.79 Å². The topological polar surface area (TPSA) is 17.1 Å². The summed E-state index contributed by atoms with van der Waals surface area (Å²) in [6.45, 7) is 2.06. The van der Waals surface area contributed by atoms with Crippen LogP contribution in [0.3, 0.4) is 0 Å². The number of fused-ring (bicyclic) bond motifs is 1. The lowest BCUT2D eigenvalue weighted by atomic mass is 10.3.